The largest absolute Gasteiger partial charge is 0.272 e. The van der Waals surface area contributed by atoms with Crippen molar-refractivity contribution in [3.05, 3.63) is 22.5 Å². The van der Waals surface area contributed by atoms with E-state index in [9.17, 15) is 9.59 Å². The fourth-order valence-corrected chi connectivity index (χ4v) is 3.21. The van der Waals surface area contributed by atoms with Crippen LogP contribution in [0, 0.1) is 6.92 Å². The second-order valence-electron chi connectivity index (χ2n) is 5.22. The molecule has 0 aromatic carbocycles. The summed E-state index contributed by atoms with van der Waals surface area (Å²) in [5.41, 5.74) is 1.48. The van der Waals surface area contributed by atoms with Crippen molar-refractivity contribution in [1.29, 1.82) is 0 Å². The van der Waals surface area contributed by atoms with Crippen LogP contribution >= 0.6 is 23.4 Å². The van der Waals surface area contributed by atoms with Crippen molar-refractivity contribution in [1.82, 2.24) is 19.8 Å². The van der Waals surface area contributed by atoms with Crippen LogP contribution in [0.5, 0.6) is 0 Å². The van der Waals surface area contributed by atoms with Crippen molar-refractivity contribution in [2.45, 2.75) is 20.3 Å². The van der Waals surface area contributed by atoms with E-state index in [1.54, 1.807) is 34.6 Å². The van der Waals surface area contributed by atoms with E-state index in [4.69, 9.17) is 11.6 Å². The first-order valence-corrected chi connectivity index (χ1v) is 9.05. The predicted molar refractivity (Wildman–Crippen MR) is 93.0 cm³/mol. The highest BCUT2D eigenvalue weighted by Crippen LogP contribution is 2.21. The number of rotatable bonds is 5. The van der Waals surface area contributed by atoms with Crippen molar-refractivity contribution in [3.63, 3.8) is 0 Å². The number of thioether (sulfide) groups is 1. The monoisotopic (exact) mass is 356 g/mol. The first kappa shape index (κ1) is 17.9. The van der Waals surface area contributed by atoms with Crippen LogP contribution in [0.25, 0.3) is 6.08 Å². The van der Waals surface area contributed by atoms with Gasteiger partial charge in [-0.25, -0.2) is 5.01 Å². The molecule has 1 aliphatic heterocycles. The summed E-state index contributed by atoms with van der Waals surface area (Å²) < 4.78 is 1.56. The van der Waals surface area contributed by atoms with Crippen molar-refractivity contribution < 1.29 is 9.59 Å². The summed E-state index contributed by atoms with van der Waals surface area (Å²) in [6.07, 6.45) is 3.91. The van der Waals surface area contributed by atoms with Gasteiger partial charge in [0.15, 0.2) is 0 Å². The Labute approximate surface area is 145 Å². The van der Waals surface area contributed by atoms with Crippen LogP contribution in [0.15, 0.2) is 6.08 Å². The molecule has 0 radical (unpaired) electrons. The third kappa shape index (κ3) is 4.09. The molecule has 1 aliphatic rings. The minimum absolute atomic E-state index is 0.0216. The average molecular weight is 357 g/mol. The van der Waals surface area contributed by atoms with E-state index in [1.807, 2.05) is 13.8 Å². The number of hydrazine groups is 1. The molecule has 1 aromatic heterocycles. The van der Waals surface area contributed by atoms with Crippen LogP contribution in [0.3, 0.4) is 0 Å². The topological polar surface area (TPSA) is 58.4 Å². The Balaban J connectivity index is 2.07. The van der Waals surface area contributed by atoms with Gasteiger partial charge < -0.3 is 0 Å². The second-order valence-corrected chi connectivity index (χ2v) is 6.85. The summed E-state index contributed by atoms with van der Waals surface area (Å²) in [6.45, 7) is 5.00. The molecule has 1 saturated heterocycles. The van der Waals surface area contributed by atoms with Gasteiger partial charge in [0.05, 0.1) is 11.4 Å². The second kappa shape index (κ2) is 7.88. The molecule has 0 spiro atoms. The predicted octanol–water partition coefficient (Wildman–Crippen LogP) is 2.12. The molecular weight excluding hydrogens is 336 g/mol. The zero-order valence-corrected chi connectivity index (χ0v) is 15.2. The van der Waals surface area contributed by atoms with E-state index in [1.165, 1.54) is 11.1 Å². The van der Waals surface area contributed by atoms with Gasteiger partial charge in [-0.3, -0.25) is 19.3 Å². The summed E-state index contributed by atoms with van der Waals surface area (Å²) in [5.74, 6) is 1.05. The van der Waals surface area contributed by atoms with Gasteiger partial charge in [-0.15, -0.1) is 0 Å². The van der Waals surface area contributed by atoms with E-state index in [2.05, 4.69) is 5.10 Å². The Hall–Kier alpha value is -1.47. The zero-order valence-electron chi connectivity index (χ0n) is 13.6. The number of aromatic nitrogens is 2. The summed E-state index contributed by atoms with van der Waals surface area (Å²) in [5, 5.41) is 7.75. The van der Waals surface area contributed by atoms with Gasteiger partial charge in [0.1, 0.15) is 5.15 Å². The Morgan fingerprint density at radius 1 is 1.35 bits per heavy atom. The number of halogens is 1. The standard InChI is InChI=1S/C15H21ClN4O2S/c1-4-23-10-14(22)20-9-5-8-19(20)13(21)7-6-12-11(2)17-18(3)15(12)16/h6-7H,4-5,8-10H2,1-3H3. The van der Waals surface area contributed by atoms with Crippen LogP contribution < -0.4 is 0 Å². The van der Waals surface area contributed by atoms with Crippen LogP contribution in [0.1, 0.15) is 24.6 Å². The third-order valence-corrected chi connectivity index (χ3v) is 4.90. The van der Waals surface area contributed by atoms with Crippen molar-refractivity contribution in [2.75, 3.05) is 24.6 Å². The quantitative estimate of drug-likeness (QED) is 0.758. The van der Waals surface area contributed by atoms with Gasteiger partial charge in [0.2, 0.25) is 0 Å². The van der Waals surface area contributed by atoms with Crippen LogP contribution in [-0.2, 0) is 16.6 Å². The van der Waals surface area contributed by atoms with E-state index < -0.39 is 0 Å². The molecule has 0 N–H and O–H groups in total. The lowest BCUT2D eigenvalue weighted by Crippen LogP contribution is -2.45. The fourth-order valence-electron chi connectivity index (χ4n) is 2.44. The number of aryl methyl sites for hydroxylation is 2. The third-order valence-electron chi connectivity index (χ3n) is 3.59. The number of amides is 2. The smallest absolute Gasteiger partial charge is 0.265 e. The molecule has 1 aromatic rings. The highest BCUT2D eigenvalue weighted by molar-refractivity contribution is 7.99. The molecule has 2 amide bonds. The maximum absolute atomic E-state index is 12.4. The Kier molecular flexibility index (Phi) is 6.12. The lowest BCUT2D eigenvalue weighted by Gasteiger charge is -2.26. The van der Waals surface area contributed by atoms with Crippen LogP contribution in [0.4, 0.5) is 0 Å². The Morgan fingerprint density at radius 3 is 2.65 bits per heavy atom. The maximum atomic E-state index is 12.4. The van der Waals surface area contributed by atoms with E-state index in [-0.39, 0.29) is 11.8 Å². The van der Waals surface area contributed by atoms with Gasteiger partial charge in [0.25, 0.3) is 11.8 Å². The molecule has 0 unspecified atom stereocenters. The first-order valence-electron chi connectivity index (χ1n) is 7.52. The van der Waals surface area contributed by atoms with E-state index in [0.717, 1.165) is 23.4 Å². The molecular formula is C15H21ClN4O2S. The number of nitrogens with zero attached hydrogens (tertiary/aromatic N) is 4. The molecule has 0 bridgehead atoms. The molecule has 6 nitrogen and oxygen atoms in total. The number of hydrogen-bond acceptors (Lipinski definition) is 4. The summed E-state index contributed by atoms with van der Waals surface area (Å²) in [7, 11) is 1.75. The minimum Gasteiger partial charge on any atom is -0.272 e. The Morgan fingerprint density at radius 2 is 2.04 bits per heavy atom. The normalized spacial score (nSPS) is 15.0. The van der Waals surface area contributed by atoms with E-state index >= 15 is 0 Å². The summed E-state index contributed by atoms with van der Waals surface area (Å²) in [6, 6.07) is 0. The lowest BCUT2D eigenvalue weighted by atomic mass is 10.2. The molecule has 0 saturated carbocycles. The molecule has 1 fully saturated rings. The van der Waals surface area contributed by atoms with Crippen molar-refractivity contribution >= 4 is 41.3 Å². The molecule has 8 heteroatoms. The van der Waals surface area contributed by atoms with Crippen LogP contribution in [-0.4, -0.2) is 56.2 Å². The van der Waals surface area contributed by atoms with Gasteiger partial charge in [0, 0.05) is 31.8 Å². The number of hydrogen-bond donors (Lipinski definition) is 0. The van der Waals surface area contributed by atoms with Gasteiger partial charge >= 0.3 is 0 Å². The molecule has 0 aliphatic carbocycles. The highest BCUT2D eigenvalue weighted by atomic mass is 35.5. The highest BCUT2D eigenvalue weighted by Gasteiger charge is 2.29. The lowest BCUT2D eigenvalue weighted by molar-refractivity contribution is -0.152. The molecule has 0 atom stereocenters. The van der Waals surface area contributed by atoms with Gasteiger partial charge in [-0.1, -0.05) is 18.5 Å². The molecule has 2 heterocycles. The summed E-state index contributed by atoms with van der Waals surface area (Å²) in [4.78, 5) is 24.6. The number of carbonyl (C=O) groups excluding carboxylic acids is 2. The fraction of sp³-hybridized carbons (Fsp3) is 0.533. The molecule has 2 rings (SSSR count). The first-order chi connectivity index (χ1) is 11.0. The minimum atomic E-state index is -0.211. The van der Waals surface area contributed by atoms with Crippen molar-refractivity contribution in [3.8, 4) is 0 Å². The van der Waals surface area contributed by atoms with Gasteiger partial charge in [-0.2, -0.15) is 16.9 Å². The maximum Gasteiger partial charge on any atom is 0.265 e. The molecule has 126 valence electrons. The molecule has 23 heavy (non-hydrogen) atoms. The average Bonchev–Trinajstić information content (AvgIpc) is 3.09. The van der Waals surface area contributed by atoms with Crippen molar-refractivity contribution in [2.24, 2.45) is 7.05 Å². The van der Waals surface area contributed by atoms with Crippen LogP contribution in [0.2, 0.25) is 5.15 Å². The van der Waals surface area contributed by atoms with Gasteiger partial charge in [-0.05, 0) is 25.2 Å². The van der Waals surface area contributed by atoms with E-state index in [0.29, 0.717) is 24.0 Å². The number of carbonyl (C=O) groups is 2. The zero-order chi connectivity index (χ0) is 17.0. The summed E-state index contributed by atoms with van der Waals surface area (Å²) >= 11 is 7.71. The Bertz CT molecular complexity index is 629. The SMILES string of the molecule is CCSCC(=O)N1CCCN1C(=O)C=Cc1c(C)nn(C)c1Cl.